The maximum atomic E-state index is 10.9. The van der Waals surface area contributed by atoms with Gasteiger partial charge in [0.15, 0.2) is 5.60 Å². The van der Waals surface area contributed by atoms with Gasteiger partial charge in [0.05, 0.1) is 0 Å². The van der Waals surface area contributed by atoms with Crippen LogP contribution in [0.2, 0.25) is 0 Å². The summed E-state index contributed by atoms with van der Waals surface area (Å²) >= 11 is 0. The van der Waals surface area contributed by atoms with Crippen LogP contribution in [-0.2, 0) is 4.79 Å². The van der Waals surface area contributed by atoms with Gasteiger partial charge in [0.2, 0.25) is 0 Å². The number of aliphatic hydroxyl groups is 1. The first-order valence-electron chi connectivity index (χ1n) is 5.90. The molecule has 0 spiro atoms. The quantitative estimate of drug-likeness (QED) is 0.673. The number of likely N-dealkylation sites (tertiary alicyclic amines) is 2. The second-order valence-electron chi connectivity index (χ2n) is 5.09. The fourth-order valence-electron chi connectivity index (χ4n) is 2.67. The Labute approximate surface area is 95.6 Å². The summed E-state index contributed by atoms with van der Waals surface area (Å²) in [6, 6.07) is 0.449. The highest BCUT2D eigenvalue weighted by Gasteiger charge is 2.44. The molecule has 0 bridgehead atoms. The number of carbonyl (C=O) groups is 1. The van der Waals surface area contributed by atoms with Gasteiger partial charge >= 0.3 is 5.97 Å². The van der Waals surface area contributed by atoms with Gasteiger partial charge in [0, 0.05) is 25.6 Å². The monoisotopic (exact) mass is 228 g/mol. The predicted octanol–water partition coefficient (Wildman–Crippen LogP) is -0.398. The van der Waals surface area contributed by atoms with E-state index in [-0.39, 0.29) is 6.54 Å². The Bertz CT molecular complexity index is 276. The zero-order chi connectivity index (χ0) is 11.8. The van der Waals surface area contributed by atoms with E-state index >= 15 is 0 Å². The summed E-state index contributed by atoms with van der Waals surface area (Å²) < 4.78 is 0. The molecule has 0 radical (unpaired) electrons. The van der Waals surface area contributed by atoms with Gasteiger partial charge < -0.3 is 15.1 Å². The number of rotatable bonds is 2. The molecule has 0 aromatic rings. The van der Waals surface area contributed by atoms with Crippen LogP contribution in [0.4, 0.5) is 0 Å². The van der Waals surface area contributed by atoms with Crippen LogP contribution in [0, 0.1) is 0 Å². The summed E-state index contributed by atoms with van der Waals surface area (Å²) in [4.78, 5) is 15.3. The van der Waals surface area contributed by atoms with E-state index in [9.17, 15) is 9.90 Å². The molecule has 0 aromatic heterocycles. The fraction of sp³-hybridized carbons (Fsp3) is 0.909. The lowest BCUT2D eigenvalue weighted by atomic mass is 10.0. The highest BCUT2D eigenvalue weighted by atomic mass is 16.4. The normalized spacial score (nSPS) is 34.4. The van der Waals surface area contributed by atoms with Gasteiger partial charge in [-0.05, 0) is 33.0 Å². The van der Waals surface area contributed by atoms with Crippen molar-refractivity contribution in [2.75, 3.05) is 33.2 Å². The highest BCUT2D eigenvalue weighted by Crippen LogP contribution is 2.26. The fourth-order valence-corrected chi connectivity index (χ4v) is 2.67. The average Bonchev–Trinajstić information content (AvgIpc) is 2.63. The zero-order valence-corrected chi connectivity index (χ0v) is 9.72. The van der Waals surface area contributed by atoms with Gasteiger partial charge in [-0.3, -0.25) is 4.90 Å². The standard InChI is InChI=1S/C11H20N2O3/c1-12-5-2-9(3-6-12)13-7-4-11(16,8-13)10(14)15/h9,16H,2-8H2,1H3,(H,14,15). The Morgan fingerprint density at radius 1 is 1.31 bits per heavy atom. The van der Waals surface area contributed by atoms with Crippen LogP contribution in [0.15, 0.2) is 0 Å². The predicted molar refractivity (Wildman–Crippen MR) is 59.3 cm³/mol. The molecule has 0 saturated carbocycles. The third-order valence-electron chi connectivity index (χ3n) is 3.88. The number of carboxylic acid groups (broad SMARTS) is 1. The molecule has 2 saturated heterocycles. The van der Waals surface area contributed by atoms with Crippen LogP contribution in [0.25, 0.3) is 0 Å². The van der Waals surface area contributed by atoms with E-state index in [0.717, 1.165) is 25.9 Å². The Morgan fingerprint density at radius 3 is 2.44 bits per heavy atom. The van der Waals surface area contributed by atoms with Gasteiger partial charge in [0.1, 0.15) is 0 Å². The van der Waals surface area contributed by atoms with Crippen LogP contribution in [0.1, 0.15) is 19.3 Å². The van der Waals surface area contributed by atoms with Crippen LogP contribution in [-0.4, -0.2) is 70.9 Å². The highest BCUT2D eigenvalue weighted by molar-refractivity contribution is 5.77. The minimum atomic E-state index is -1.51. The topological polar surface area (TPSA) is 64.0 Å². The average molecular weight is 228 g/mol. The van der Waals surface area contributed by atoms with Crippen molar-refractivity contribution in [3.8, 4) is 0 Å². The van der Waals surface area contributed by atoms with Crippen LogP contribution in [0.3, 0.4) is 0 Å². The zero-order valence-electron chi connectivity index (χ0n) is 9.72. The summed E-state index contributed by atoms with van der Waals surface area (Å²) in [5.41, 5.74) is -1.51. The second kappa shape index (κ2) is 4.31. The Hall–Kier alpha value is -0.650. The van der Waals surface area contributed by atoms with Crippen molar-refractivity contribution >= 4 is 5.97 Å². The lowest BCUT2D eigenvalue weighted by Gasteiger charge is -2.35. The third kappa shape index (κ3) is 2.21. The summed E-state index contributed by atoms with van der Waals surface area (Å²) in [7, 11) is 2.10. The summed E-state index contributed by atoms with van der Waals surface area (Å²) in [5.74, 6) is -1.08. The molecule has 2 N–H and O–H groups in total. The van der Waals surface area contributed by atoms with Crippen molar-refractivity contribution in [1.29, 1.82) is 0 Å². The van der Waals surface area contributed by atoms with E-state index in [1.54, 1.807) is 0 Å². The number of piperidine rings is 1. The number of aliphatic carboxylic acids is 1. The second-order valence-corrected chi connectivity index (χ2v) is 5.09. The molecule has 2 heterocycles. The maximum absolute atomic E-state index is 10.9. The Balaban J connectivity index is 1.91. The molecule has 2 aliphatic rings. The largest absolute Gasteiger partial charge is 0.479 e. The lowest BCUT2D eigenvalue weighted by molar-refractivity contribution is -0.157. The van der Waals surface area contributed by atoms with Crippen molar-refractivity contribution in [2.24, 2.45) is 0 Å². The first-order valence-corrected chi connectivity index (χ1v) is 5.90. The first-order chi connectivity index (χ1) is 7.51. The van der Waals surface area contributed by atoms with Crippen LogP contribution in [0.5, 0.6) is 0 Å². The van der Waals surface area contributed by atoms with Gasteiger partial charge in [0.25, 0.3) is 0 Å². The third-order valence-corrected chi connectivity index (χ3v) is 3.88. The number of carboxylic acids is 1. The van der Waals surface area contributed by atoms with Crippen molar-refractivity contribution in [1.82, 2.24) is 9.80 Å². The van der Waals surface area contributed by atoms with E-state index in [1.807, 2.05) is 0 Å². The van der Waals surface area contributed by atoms with Crippen molar-refractivity contribution in [2.45, 2.75) is 30.9 Å². The molecule has 0 aliphatic carbocycles. The minimum Gasteiger partial charge on any atom is -0.479 e. The minimum absolute atomic E-state index is 0.288. The molecular formula is C11H20N2O3. The van der Waals surface area contributed by atoms with Gasteiger partial charge in [-0.1, -0.05) is 0 Å². The Morgan fingerprint density at radius 2 is 1.94 bits per heavy atom. The van der Waals surface area contributed by atoms with Gasteiger partial charge in [-0.15, -0.1) is 0 Å². The van der Waals surface area contributed by atoms with Crippen molar-refractivity contribution in [3.63, 3.8) is 0 Å². The number of nitrogens with zero attached hydrogens (tertiary/aromatic N) is 2. The van der Waals surface area contributed by atoms with Crippen molar-refractivity contribution in [3.05, 3.63) is 0 Å². The molecule has 2 fully saturated rings. The van der Waals surface area contributed by atoms with Gasteiger partial charge in [-0.25, -0.2) is 4.79 Å². The smallest absolute Gasteiger partial charge is 0.337 e. The molecular weight excluding hydrogens is 208 g/mol. The van der Waals surface area contributed by atoms with E-state index in [2.05, 4.69) is 16.8 Å². The Kier molecular flexibility index (Phi) is 3.19. The van der Waals surface area contributed by atoms with Crippen molar-refractivity contribution < 1.29 is 15.0 Å². The van der Waals surface area contributed by atoms with E-state index in [0.29, 0.717) is 19.0 Å². The first kappa shape index (κ1) is 11.8. The molecule has 1 unspecified atom stereocenters. The van der Waals surface area contributed by atoms with Crippen LogP contribution >= 0.6 is 0 Å². The molecule has 0 amide bonds. The maximum Gasteiger partial charge on any atom is 0.337 e. The molecule has 0 aromatic carbocycles. The number of hydrogen-bond donors (Lipinski definition) is 2. The summed E-state index contributed by atoms with van der Waals surface area (Å²) in [6.45, 7) is 3.12. The molecule has 1 atom stereocenters. The van der Waals surface area contributed by atoms with Gasteiger partial charge in [-0.2, -0.15) is 0 Å². The molecule has 2 aliphatic heterocycles. The molecule has 5 heteroatoms. The molecule has 16 heavy (non-hydrogen) atoms. The molecule has 2 rings (SSSR count). The molecule has 5 nitrogen and oxygen atoms in total. The lowest BCUT2D eigenvalue weighted by Crippen LogP contribution is -2.46. The van der Waals surface area contributed by atoms with Crippen LogP contribution < -0.4 is 0 Å². The summed E-state index contributed by atoms with van der Waals surface area (Å²) in [6.07, 6.45) is 2.51. The van der Waals surface area contributed by atoms with E-state index in [1.165, 1.54) is 0 Å². The van der Waals surface area contributed by atoms with E-state index in [4.69, 9.17) is 5.11 Å². The SMILES string of the molecule is CN1CCC(N2CCC(O)(C(=O)O)C2)CC1. The van der Waals surface area contributed by atoms with E-state index < -0.39 is 11.6 Å². The summed E-state index contributed by atoms with van der Waals surface area (Å²) in [5, 5.41) is 18.8. The number of hydrogen-bond acceptors (Lipinski definition) is 4. The molecule has 92 valence electrons. The number of β-amino-alcohol motifs (C(OH)–C–C–N with tert-alkyl or cyclic N) is 1.